The number of benzene rings is 1. The number of esters is 1. The van der Waals surface area contributed by atoms with Gasteiger partial charge in [-0.25, -0.2) is 9.78 Å². The number of non-ortho nitro benzene ring substituents is 1. The van der Waals surface area contributed by atoms with Crippen LogP contribution in [0.15, 0.2) is 41.7 Å². The summed E-state index contributed by atoms with van der Waals surface area (Å²) in [5, 5.41) is 17.9. The summed E-state index contributed by atoms with van der Waals surface area (Å²) in [6.45, 7) is 7.33. The van der Waals surface area contributed by atoms with Gasteiger partial charge in [-0.1, -0.05) is 25.5 Å². The molecule has 1 aliphatic heterocycles. The number of fused-ring (bicyclic) bond motifs is 1. The van der Waals surface area contributed by atoms with E-state index in [4.69, 9.17) is 4.74 Å². The van der Waals surface area contributed by atoms with Gasteiger partial charge in [-0.3, -0.25) is 10.1 Å². The molecule has 0 aliphatic carbocycles. The number of unbranched alkanes of at least 4 members (excludes halogenated alkanes) is 1. The molecule has 2 N–H and O–H groups in total. The standard InChI is InChI=1S/C21H27N5O4/c1-4-6-10-22-12-17-13-23-21-24-14(3)18(20(27)30-5-2)19(25(17)21)15-8-7-9-16(11-15)26(28)29/h7-9,11,13,19,22H,4-6,10,12H2,1-3H3,(H,23,24). The van der Waals surface area contributed by atoms with Crippen LogP contribution < -0.4 is 10.6 Å². The van der Waals surface area contributed by atoms with Crippen LogP contribution >= 0.6 is 0 Å². The molecule has 1 unspecified atom stereocenters. The molecule has 0 radical (unpaired) electrons. The highest BCUT2D eigenvalue weighted by molar-refractivity contribution is 5.92. The Morgan fingerprint density at radius 3 is 2.90 bits per heavy atom. The van der Waals surface area contributed by atoms with Crippen molar-refractivity contribution in [2.24, 2.45) is 0 Å². The van der Waals surface area contributed by atoms with Crippen LogP contribution in [0, 0.1) is 10.1 Å². The summed E-state index contributed by atoms with van der Waals surface area (Å²) in [5.41, 5.74) is 2.50. The second-order valence-electron chi connectivity index (χ2n) is 7.11. The molecule has 1 atom stereocenters. The van der Waals surface area contributed by atoms with Crippen LogP contribution in [0.25, 0.3) is 0 Å². The first kappa shape index (κ1) is 21.5. The lowest BCUT2D eigenvalue weighted by Crippen LogP contribution is -2.31. The summed E-state index contributed by atoms with van der Waals surface area (Å²) in [4.78, 5) is 28.2. The second-order valence-corrected chi connectivity index (χ2v) is 7.11. The summed E-state index contributed by atoms with van der Waals surface area (Å²) in [6.07, 6.45) is 3.90. The monoisotopic (exact) mass is 413 g/mol. The third kappa shape index (κ3) is 4.35. The maximum atomic E-state index is 12.8. The quantitative estimate of drug-likeness (QED) is 0.280. The van der Waals surface area contributed by atoms with Gasteiger partial charge in [-0.15, -0.1) is 0 Å². The Kier molecular flexibility index (Phi) is 6.83. The molecule has 1 aromatic carbocycles. The number of nitrogens with zero attached hydrogens (tertiary/aromatic N) is 3. The molecule has 0 saturated heterocycles. The number of carbonyl (C=O) groups is 1. The maximum Gasteiger partial charge on any atom is 0.338 e. The van der Waals surface area contributed by atoms with E-state index < -0.39 is 16.9 Å². The van der Waals surface area contributed by atoms with Gasteiger partial charge in [0.15, 0.2) is 0 Å². The van der Waals surface area contributed by atoms with E-state index in [1.165, 1.54) is 12.1 Å². The van der Waals surface area contributed by atoms with Crippen LogP contribution in [0.5, 0.6) is 0 Å². The first-order chi connectivity index (χ1) is 14.5. The minimum absolute atomic E-state index is 0.0313. The van der Waals surface area contributed by atoms with Crippen molar-refractivity contribution in [1.82, 2.24) is 14.9 Å². The smallest absolute Gasteiger partial charge is 0.338 e. The third-order valence-corrected chi connectivity index (χ3v) is 5.01. The molecule has 2 aromatic rings. The lowest BCUT2D eigenvalue weighted by molar-refractivity contribution is -0.384. The molecule has 2 heterocycles. The van der Waals surface area contributed by atoms with Gasteiger partial charge in [-0.05, 0) is 32.4 Å². The van der Waals surface area contributed by atoms with Crippen LogP contribution in [0.2, 0.25) is 0 Å². The van der Waals surface area contributed by atoms with Crippen molar-refractivity contribution in [2.75, 3.05) is 18.5 Å². The second kappa shape index (κ2) is 9.53. The lowest BCUT2D eigenvalue weighted by Gasteiger charge is -2.31. The summed E-state index contributed by atoms with van der Waals surface area (Å²) >= 11 is 0. The maximum absolute atomic E-state index is 12.8. The predicted molar refractivity (Wildman–Crippen MR) is 113 cm³/mol. The number of imidazole rings is 1. The van der Waals surface area contributed by atoms with Crippen LogP contribution in [0.1, 0.15) is 50.9 Å². The lowest BCUT2D eigenvalue weighted by atomic mass is 9.94. The van der Waals surface area contributed by atoms with Crippen LogP contribution in [-0.2, 0) is 16.1 Å². The molecule has 9 heteroatoms. The zero-order chi connectivity index (χ0) is 21.7. The van der Waals surface area contributed by atoms with E-state index in [2.05, 4.69) is 22.5 Å². The molecule has 3 rings (SSSR count). The van der Waals surface area contributed by atoms with Gasteiger partial charge in [0.1, 0.15) is 0 Å². The molecule has 0 spiro atoms. The van der Waals surface area contributed by atoms with Crippen molar-refractivity contribution < 1.29 is 14.5 Å². The highest BCUT2D eigenvalue weighted by Gasteiger charge is 2.35. The van der Waals surface area contributed by atoms with Gasteiger partial charge in [0.2, 0.25) is 5.95 Å². The molecule has 1 aliphatic rings. The molecule has 30 heavy (non-hydrogen) atoms. The molecule has 0 amide bonds. The Morgan fingerprint density at radius 1 is 1.40 bits per heavy atom. The van der Waals surface area contributed by atoms with Crippen LogP contribution in [-0.4, -0.2) is 33.6 Å². The van der Waals surface area contributed by atoms with Crippen molar-refractivity contribution in [1.29, 1.82) is 0 Å². The highest BCUT2D eigenvalue weighted by atomic mass is 16.6. The van der Waals surface area contributed by atoms with E-state index in [9.17, 15) is 14.9 Å². The minimum atomic E-state index is -0.578. The van der Waals surface area contributed by atoms with Crippen molar-refractivity contribution in [3.63, 3.8) is 0 Å². The summed E-state index contributed by atoms with van der Waals surface area (Å²) in [5.74, 6) is 0.132. The number of nitrogens with one attached hydrogen (secondary N) is 2. The van der Waals surface area contributed by atoms with Crippen LogP contribution in [0.3, 0.4) is 0 Å². The molecular weight excluding hydrogens is 386 g/mol. The SMILES string of the molecule is CCCCNCc1cnc2n1C(c1cccc([N+](=O)[O-])c1)C(C(=O)OCC)=C(C)N2. The number of hydrogen-bond donors (Lipinski definition) is 2. The number of allylic oxidation sites excluding steroid dienone is 1. The van der Waals surface area contributed by atoms with E-state index in [-0.39, 0.29) is 12.3 Å². The van der Waals surface area contributed by atoms with E-state index in [0.29, 0.717) is 29.3 Å². The van der Waals surface area contributed by atoms with E-state index in [1.807, 2.05) is 4.57 Å². The number of aromatic nitrogens is 2. The van der Waals surface area contributed by atoms with Crippen molar-refractivity contribution in [3.05, 3.63) is 63.1 Å². The Hall–Kier alpha value is -3.20. The van der Waals surface area contributed by atoms with E-state index in [0.717, 1.165) is 25.1 Å². The van der Waals surface area contributed by atoms with E-state index in [1.54, 1.807) is 32.2 Å². The minimum Gasteiger partial charge on any atom is -0.463 e. The Labute approximate surface area is 175 Å². The number of ether oxygens (including phenoxy) is 1. The van der Waals surface area contributed by atoms with Gasteiger partial charge in [0.25, 0.3) is 5.69 Å². The number of rotatable bonds is 9. The van der Waals surface area contributed by atoms with Crippen LogP contribution in [0.4, 0.5) is 11.6 Å². The van der Waals surface area contributed by atoms with Gasteiger partial charge < -0.3 is 19.9 Å². The van der Waals surface area contributed by atoms with Crippen molar-refractivity contribution in [3.8, 4) is 0 Å². The number of anilines is 1. The van der Waals surface area contributed by atoms with E-state index >= 15 is 0 Å². The fourth-order valence-corrected chi connectivity index (χ4v) is 3.59. The first-order valence-electron chi connectivity index (χ1n) is 10.1. The molecular formula is C21H27N5O4. The Bertz CT molecular complexity index is 966. The van der Waals surface area contributed by atoms with Gasteiger partial charge in [0, 0.05) is 24.4 Å². The molecule has 160 valence electrons. The topological polar surface area (TPSA) is 111 Å². The fraction of sp³-hybridized carbons (Fsp3) is 0.429. The first-order valence-corrected chi connectivity index (χ1v) is 10.1. The van der Waals surface area contributed by atoms with Crippen molar-refractivity contribution in [2.45, 2.75) is 46.2 Å². The highest BCUT2D eigenvalue weighted by Crippen LogP contribution is 2.38. The Balaban J connectivity index is 2.09. The summed E-state index contributed by atoms with van der Waals surface area (Å²) in [6, 6.07) is 5.77. The van der Waals surface area contributed by atoms with Gasteiger partial charge in [-0.2, -0.15) is 0 Å². The van der Waals surface area contributed by atoms with Gasteiger partial charge >= 0.3 is 5.97 Å². The summed E-state index contributed by atoms with van der Waals surface area (Å²) < 4.78 is 7.22. The molecule has 1 aromatic heterocycles. The molecule has 9 nitrogen and oxygen atoms in total. The van der Waals surface area contributed by atoms with Gasteiger partial charge in [0.05, 0.1) is 35.0 Å². The average Bonchev–Trinajstić information content (AvgIpc) is 3.12. The molecule has 0 fully saturated rings. The predicted octanol–water partition coefficient (Wildman–Crippen LogP) is 3.53. The zero-order valence-corrected chi connectivity index (χ0v) is 17.5. The van der Waals surface area contributed by atoms with Crippen molar-refractivity contribution >= 4 is 17.6 Å². The normalized spacial score (nSPS) is 15.5. The Morgan fingerprint density at radius 2 is 2.20 bits per heavy atom. The number of nitro groups is 1. The molecule has 0 saturated carbocycles. The zero-order valence-electron chi connectivity index (χ0n) is 17.5. The molecule has 0 bridgehead atoms. The fourth-order valence-electron chi connectivity index (χ4n) is 3.59. The largest absolute Gasteiger partial charge is 0.463 e. The third-order valence-electron chi connectivity index (χ3n) is 5.01. The number of nitro benzene ring substituents is 1. The number of carbonyl (C=O) groups excluding carboxylic acids is 1. The average molecular weight is 413 g/mol. The number of hydrogen-bond acceptors (Lipinski definition) is 7. The summed E-state index contributed by atoms with van der Waals surface area (Å²) in [7, 11) is 0.